The Labute approximate surface area is 182 Å². The lowest BCUT2D eigenvalue weighted by atomic mass is 10.1. The van der Waals surface area contributed by atoms with Gasteiger partial charge in [-0.05, 0) is 35.9 Å². The number of ether oxygens (including phenoxy) is 2. The number of carbonyl (C=O) groups excluding carboxylic acids is 1. The number of morpholine rings is 2. The van der Waals surface area contributed by atoms with Crippen LogP contribution in [0.1, 0.15) is 17.2 Å². The fourth-order valence-corrected chi connectivity index (χ4v) is 3.80. The molecule has 0 spiro atoms. The summed E-state index contributed by atoms with van der Waals surface area (Å²) < 4.78 is 65.3. The Hall–Kier alpha value is -2.85. The first-order valence-electron chi connectivity index (χ1n) is 10.3. The van der Waals surface area contributed by atoms with E-state index in [1.165, 1.54) is 23.1 Å². The van der Waals surface area contributed by atoms with Gasteiger partial charge in [-0.1, -0.05) is 12.1 Å². The number of hydrogen-bond acceptors (Lipinski definition) is 4. The Morgan fingerprint density at radius 1 is 1.00 bits per heavy atom. The van der Waals surface area contributed by atoms with E-state index in [2.05, 4.69) is 5.32 Å². The van der Waals surface area contributed by atoms with Gasteiger partial charge in [-0.2, -0.15) is 13.2 Å². The summed E-state index contributed by atoms with van der Waals surface area (Å²) in [6, 6.07) is 8.97. The molecule has 1 N–H and O–H groups in total. The van der Waals surface area contributed by atoms with Crippen LogP contribution in [0.4, 0.5) is 33.7 Å². The van der Waals surface area contributed by atoms with E-state index in [9.17, 15) is 22.4 Å². The molecule has 6 nitrogen and oxygen atoms in total. The summed E-state index contributed by atoms with van der Waals surface area (Å²) in [6.07, 6.45) is -5.12. The normalized spacial score (nSPS) is 19.7. The van der Waals surface area contributed by atoms with Crippen LogP contribution in [-0.4, -0.2) is 56.9 Å². The van der Waals surface area contributed by atoms with Gasteiger partial charge in [0.2, 0.25) is 0 Å². The van der Waals surface area contributed by atoms with Crippen LogP contribution < -0.4 is 10.2 Å². The second-order valence-corrected chi connectivity index (χ2v) is 7.61. The van der Waals surface area contributed by atoms with Crippen LogP contribution in [0.3, 0.4) is 0 Å². The largest absolute Gasteiger partial charge is 0.418 e. The van der Waals surface area contributed by atoms with Crippen molar-refractivity contribution in [3.8, 4) is 0 Å². The Bertz CT molecular complexity index is 946. The zero-order valence-corrected chi connectivity index (χ0v) is 17.2. The van der Waals surface area contributed by atoms with E-state index in [1.54, 1.807) is 18.2 Å². The fourth-order valence-electron chi connectivity index (χ4n) is 3.80. The molecule has 2 fully saturated rings. The van der Waals surface area contributed by atoms with Gasteiger partial charge in [-0.3, -0.25) is 0 Å². The molecule has 2 aromatic rings. The molecule has 0 aliphatic carbocycles. The predicted octanol–water partition coefficient (Wildman–Crippen LogP) is 4.29. The zero-order chi connectivity index (χ0) is 22.7. The smallest absolute Gasteiger partial charge is 0.378 e. The van der Waals surface area contributed by atoms with Crippen molar-refractivity contribution in [3.05, 3.63) is 59.4 Å². The topological polar surface area (TPSA) is 54.0 Å². The summed E-state index contributed by atoms with van der Waals surface area (Å²) in [7, 11) is 0. The van der Waals surface area contributed by atoms with Crippen LogP contribution >= 0.6 is 0 Å². The second kappa shape index (κ2) is 9.33. The van der Waals surface area contributed by atoms with Crippen LogP contribution in [0.15, 0.2) is 42.5 Å². The summed E-state index contributed by atoms with van der Waals surface area (Å²) in [5.74, 6) is -0.389. The maximum Gasteiger partial charge on any atom is 0.418 e. The molecule has 10 heteroatoms. The molecular weight excluding hydrogens is 430 g/mol. The molecular formula is C22H23F4N3O3. The number of benzene rings is 2. The zero-order valence-electron chi connectivity index (χ0n) is 17.2. The Balaban J connectivity index is 1.49. The van der Waals surface area contributed by atoms with Crippen molar-refractivity contribution in [2.75, 3.05) is 56.2 Å². The predicted molar refractivity (Wildman–Crippen MR) is 110 cm³/mol. The number of rotatable bonds is 3. The lowest BCUT2D eigenvalue weighted by molar-refractivity contribution is -0.136. The van der Waals surface area contributed by atoms with E-state index in [0.717, 1.165) is 6.07 Å². The molecule has 0 bridgehead atoms. The van der Waals surface area contributed by atoms with Crippen LogP contribution in [-0.2, 0) is 15.7 Å². The molecule has 172 valence electrons. The second-order valence-electron chi connectivity index (χ2n) is 7.61. The van der Waals surface area contributed by atoms with Crippen molar-refractivity contribution in [3.63, 3.8) is 0 Å². The van der Waals surface area contributed by atoms with Crippen LogP contribution in [0.2, 0.25) is 0 Å². The van der Waals surface area contributed by atoms with E-state index >= 15 is 0 Å². The van der Waals surface area contributed by atoms with Crippen molar-refractivity contribution in [1.82, 2.24) is 4.90 Å². The van der Waals surface area contributed by atoms with Gasteiger partial charge in [-0.25, -0.2) is 9.18 Å². The molecule has 2 saturated heterocycles. The minimum atomic E-state index is -4.63. The number of alkyl halides is 3. The maximum atomic E-state index is 13.7. The van der Waals surface area contributed by atoms with Crippen LogP contribution in [0.25, 0.3) is 0 Å². The van der Waals surface area contributed by atoms with Crippen LogP contribution in [0, 0.1) is 5.82 Å². The molecule has 1 unspecified atom stereocenters. The lowest BCUT2D eigenvalue weighted by Crippen LogP contribution is -2.44. The third-order valence-electron chi connectivity index (χ3n) is 5.52. The van der Waals surface area contributed by atoms with Gasteiger partial charge >= 0.3 is 12.2 Å². The summed E-state index contributed by atoms with van der Waals surface area (Å²) in [4.78, 5) is 16.0. The highest BCUT2D eigenvalue weighted by Gasteiger charge is 2.35. The molecule has 0 saturated carbocycles. The summed E-state index contributed by atoms with van der Waals surface area (Å²) >= 11 is 0. The first kappa shape index (κ1) is 22.3. The number of urea groups is 1. The van der Waals surface area contributed by atoms with Crippen molar-refractivity contribution in [2.24, 2.45) is 0 Å². The van der Waals surface area contributed by atoms with Gasteiger partial charge in [-0.15, -0.1) is 0 Å². The SMILES string of the molecule is O=C(Nc1ccc(N2CCOCC2)cc1C(F)(F)F)N1CCOC(c2ccc(F)cc2)C1. The first-order chi connectivity index (χ1) is 15.3. The summed E-state index contributed by atoms with van der Waals surface area (Å²) in [5.41, 5.74) is -0.0846. The molecule has 2 aliphatic rings. The summed E-state index contributed by atoms with van der Waals surface area (Å²) in [5, 5.41) is 2.41. The van der Waals surface area contributed by atoms with Gasteiger partial charge < -0.3 is 24.6 Å². The van der Waals surface area contributed by atoms with Crippen molar-refractivity contribution in [2.45, 2.75) is 12.3 Å². The fraction of sp³-hybridized carbons (Fsp3) is 0.409. The maximum absolute atomic E-state index is 13.7. The highest BCUT2D eigenvalue weighted by molar-refractivity contribution is 5.90. The lowest BCUT2D eigenvalue weighted by Gasteiger charge is -2.33. The number of halogens is 4. The molecule has 32 heavy (non-hydrogen) atoms. The minimum Gasteiger partial charge on any atom is -0.378 e. The van der Waals surface area contributed by atoms with Gasteiger partial charge in [0.15, 0.2) is 0 Å². The number of amides is 2. The molecule has 0 aromatic heterocycles. The first-order valence-corrected chi connectivity index (χ1v) is 10.3. The molecule has 2 amide bonds. The Morgan fingerprint density at radius 3 is 2.41 bits per heavy atom. The monoisotopic (exact) mass is 453 g/mol. The number of carbonyl (C=O) groups is 1. The highest BCUT2D eigenvalue weighted by Crippen LogP contribution is 2.38. The Morgan fingerprint density at radius 2 is 1.72 bits per heavy atom. The van der Waals surface area contributed by atoms with Crippen LogP contribution in [0.5, 0.6) is 0 Å². The number of nitrogens with zero attached hydrogens (tertiary/aromatic N) is 2. The standard InChI is InChI=1S/C22H23F4N3O3/c23-16-3-1-15(2-4-16)20-14-29(9-12-32-20)21(30)27-19-6-5-17(13-18(19)22(24,25)26)28-7-10-31-11-8-28/h1-6,13,20H,7-12,14H2,(H,27,30). The van der Waals surface area contributed by atoms with E-state index in [0.29, 0.717) is 37.6 Å². The minimum absolute atomic E-state index is 0.144. The highest BCUT2D eigenvalue weighted by atomic mass is 19.4. The van der Waals surface area contributed by atoms with Gasteiger partial charge in [0.25, 0.3) is 0 Å². The van der Waals surface area contributed by atoms with E-state index in [-0.39, 0.29) is 31.2 Å². The molecule has 1 atom stereocenters. The summed E-state index contributed by atoms with van der Waals surface area (Å²) in [6.45, 7) is 2.50. The van der Waals surface area contributed by atoms with Crippen molar-refractivity contribution >= 4 is 17.4 Å². The molecule has 2 aliphatic heterocycles. The third kappa shape index (κ3) is 5.13. The molecule has 2 heterocycles. The molecule has 2 aromatic carbocycles. The van der Waals surface area contributed by atoms with E-state index in [4.69, 9.17) is 9.47 Å². The molecule has 4 rings (SSSR count). The van der Waals surface area contributed by atoms with E-state index < -0.39 is 23.9 Å². The van der Waals surface area contributed by atoms with Gasteiger partial charge in [0.1, 0.15) is 11.9 Å². The Kier molecular flexibility index (Phi) is 6.52. The van der Waals surface area contributed by atoms with Crippen molar-refractivity contribution in [1.29, 1.82) is 0 Å². The number of hydrogen-bond donors (Lipinski definition) is 1. The number of nitrogens with one attached hydrogen (secondary N) is 1. The third-order valence-corrected chi connectivity index (χ3v) is 5.52. The van der Waals surface area contributed by atoms with Crippen molar-refractivity contribution < 1.29 is 31.8 Å². The quantitative estimate of drug-likeness (QED) is 0.705. The average Bonchev–Trinajstić information content (AvgIpc) is 2.80. The average molecular weight is 453 g/mol. The number of anilines is 2. The van der Waals surface area contributed by atoms with Gasteiger partial charge in [0.05, 0.1) is 37.6 Å². The molecule has 0 radical (unpaired) electrons. The van der Waals surface area contributed by atoms with Gasteiger partial charge in [0, 0.05) is 25.3 Å². The van der Waals surface area contributed by atoms with E-state index in [1.807, 2.05) is 4.90 Å².